The average Bonchev–Trinajstić information content (AvgIpc) is 2.76. The highest BCUT2D eigenvalue weighted by Gasteiger charge is 2.39. The summed E-state index contributed by atoms with van der Waals surface area (Å²) in [5.41, 5.74) is 2.09. The lowest BCUT2D eigenvalue weighted by Gasteiger charge is -2.45. The third-order valence-corrected chi connectivity index (χ3v) is 6.43. The fraction of sp³-hybridized carbons (Fsp3) is 0.667. The van der Waals surface area contributed by atoms with Crippen LogP contribution in [0.5, 0.6) is 0 Å². The minimum absolute atomic E-state index is 0.0843. The van der Waals surface area contributed by atoms with E-state index in [1.165, 1.54) is 0 Å². The zero-order chi connectivity index (χ0) is 20.2. The van der Waals surface area contributed by atoms with Crippen LogP contribution in [0.4, 0.5) is 11.4 Å². The van der Waals surface area contributed by atoms with Gasteiger partial charge in [0.1, 0.15) is 0 Å². The number of ether oxygens (including phenoxy) is 1. The molecule has 1 aromatic carbocycles. The van der Waals surface area contributed by atoms with E-state index in [1.807, 2.05) is 6.07 Å². The van der Waals surface area contributed by atoms with Crippen LogP contribution in [0.25, 0.3) is 0 Å². The number of carbonyl (C=O) groups is 1. The van der Waals surface area contributed by atoms with Crippen molar-refractivity contribution >= 4 is 17.3 Å². The van der Waals surface area contributed by atoms with Crippen LogP contribution in [0.2, 0.25) is 0 Å². The van der Waals surface area contributed by atoms with E-state index in [-0.39, 0.29) is 28.5 Å². The van der Waals surface area contributed by atoms with Gasteiger partial charge in [-0.1, -0.05) is 0 Å². The molecule has 0 aromatic heterocycles. The molecule has 2 saturated heterocycles. The first kappa shape index (κ1) is 20.1. The van der Waals surface area contributed by atoms with Gasteiger partial charge in [0, 0.05) is 50.0 Å². The summed E-state index contributed by atoms with van der Waals surface area (Å²) in [5.74, 6) is -0.0609. The van der Waals surface area contributed by atoms with E-state index in [2.05, 4.69) is 15.1 Å². The molecule has 0 bridgehead atoms. The number of hydrogen-bond acceptors (Lipinski definition) is 6. The van der Waals surface area contributed by atoms with Gasteiger partial charge in [-0.25, -0.2) is 0 Å². The van der Waals surface area contributed by atoms with Gasteiger partial charge in [-0.3, -0.25) is 19.8 Å². The Hall–Kier alpha value is -2.19. The Morgan fingerprint density at radius 1 is 1.24 bits per heavy atom. The van der Waals surface area contributed by atoms with Gasteiger partial charge in [-0.05, 0) is 50.3 Å². The first-order valence-electron chi connectivity index (χ1n) is 10.8. The first-order chi connectivity index (χ1) is 14.1. The summed E-state index contributed by atoms with van der Waals surface area (Å²) >= 11 is 0. The highest BCUT2D eigenvalue weighted by atomic mass is 16.6. The predicted octanol–water partition coefficient (Wildman–Crippen LogP) is 1.96. The second-order valence-corrected chi connectivity index (χ2v) is 8.24. The van der Waals surface area contributed by atoms with Crippen molar-refractivity contribution < 1.29 is 14.5 Å². The lowest BCUT2D eigenvalue weighted by atomic mass is 9.80. The topological polar surface area (TPSA) is 88.0 Å². The molecule has 0 aliphatic carbocycles. The van der Waals surface area contributed by atoms with Gasteiger partial charge in [0.25, 0.3) is 5.69 Å². The minimum atomic E-state index is -0.358. The summed E-state index contributed by atoms with van der Waals surface area (Å²) in [6.45, 7) is 6.05. The van der Waals surface area contributed by atoms with Gasteiger partial charge in [0.05, 0.1) is 24.1 Å². The molecule has 0 radical (unpaired) electrons. The summed E-state index contributed by atoms with van der Waals surface area (Å²) in [6.07, 6.45) is 4.73. The number of anilines is 1. The Balaban J connectivity index is 1.40. The van der Waals surface area contributed by atoms with Crippen molar-refractivity contribution in [1.29, 1.82) is 0 Å². The number of benzene rings is 1. The number of fused-ring (bicyclic) bond motifs is 3. The molecule has 2 fully saturated rings. The van der Waals surface area contributed by atoms with Gasteiger partial charge >= 0.3 is 0 Å². The van der Waals surface area contributed by atoms with Gasteiger partial charge < -0.3 is 15.0 Å². The predicted molar refractivity (Wildman–Crippen MR) is 110 cm³/mol. The number of morpholine rings is 1. The van der Waals surface area contributed by atoms with Gasteiger partial charge in [0.15, 0.2) is 0 Å². The van der Waals surface area contributed by atoms with Crippen molar-refractivity contribution in [3.8, 4) is 0 Å². The van der Waals surface area contributed by atoms with Crippen LogP contribution >= 0.6 is 0 Å². The summed E-state index contributed by atoms with van der Waals surface area (Å²) in [7, 11) is 0. The molecule has 1 aromatic rings. The van der Waals surface area contributed by atoms with Gasteiger partial charge in [-0.15, -0.1) is 0 Å². The molecular formula is C21H30N4O4. The molecule has 3 aliphatic heterocycles. The van der Waals surface area contributed by atoms with Crippen molar-refractivity contribution in [3.05, 3.63) is 33.9 Å². The number of nitrogens with one attached hydrogen (secondary N) is 1. The van der Waals surface area contributed by atoms with Gasteiger partial charge in [0.2, 0.25) is 5.91 Å². The minimum Gasteiger partial charge on any atom is -0.379 e. The molecule has 2 atom stereocenters. The number of amides is 1. The van der Waals surface area contributed by atoms with E-state index >= 15 is 0 Å². The fourth-order valence-electron chi connectivity index (χ4n) is 4.91. The number of nitro groups is 1. The van der Waals surface area contributed by atoms with Crippen molar-refractivity contribution in [2.45, 2.75) is 38.1 Å². The highest BCUT2D eigenvalue weighted by molar-refractivity contribution is 5.82. The van der Waals surface area contributed by atoms with E-state index < -0.39 is 0 Å². The summed E-state index contributed by atoms with van der Waals surface area (Å²) in [4.78, 5) is 28.5. The molecule has 0 spiro atoms. The van der Waals surface area contributed by atoms with Crippen LogP contribution in [0.1, 0.15) is 31.2 Å². The zero-order valence-corrected chi connectivity index (χ0v) is 16.8. The first-order valence-corrected chi connectivity index (χ1v) is 10.8. The molecule has 3 heterocycles. The van der Waals surface area contributed by atoms with E-state index in [0.717, 1.165) is 76.3 Å². The summed E-state index contributed by atoms with van der Waals surface area (Å²) in [5, 5.41) is 14.3. The maximum Gasteiger partial charge on any atom is 0.269 e. The Morgan fingerprint density at radius 3 is 2.86 bits per heavy atom. The second kappa shape index (κ2) is 9.09. The number of nitro benzene ring substituents is 1. The molecule has 3 aliphatic rings. The van der Waals surface area contributed by atoms with Crippen LogP contribution in [-0.2, 0) is 16.0 Å². The maximum atomic E-state index is 13.0. The Morgan fingerprint density at radius 2 is 2.07 bits per heavy atom. The van der Waals surface area contributed by atoms with Crippen molar-refractivity contribution in [3.63, 3.8) is 0 Å². The molecule has 4 rings (SSSR count). The average molecular weight is 402 g/mol. The standard InChI is InChI=1S/C21H30N4O4/c26-21(22-7-3-8-23-10-12-29-13-11-23)18-15-16-14-17(25(27)28)5-6-19(16)24-9-2-1-4-20(18)24/h5-6,14,18,20H,1-4,7-13,15H2,(H,22,26)/t18-,20-/m0/s1. The van der Waals surface area contributed by atoms with Crippen molar-refractivity contribution in [2.75, 3.05) is 50.8 Å². The number of rotatable bonds is 6. The van der Waals surface area contributed by atoms with Crippen LogP contribution in [-0.4, -0.2) is 67.7 Å². The third-order valence-electron chi connectivity index (χ3n) is 6.43. The highest BCUT2D eigenvalue weighted by Crippen LogP contribution is 2.39. The number of hydrogen-bond donors (Lipinski definition) is 1. The third kappa shape index (κ3) is 4.53. The number of non-ortho nitro benzene ring substituents is 1. The molecule has 158 valence electrons. The molecule has 8 nitrogen and oxygen atoms in total. The molecule has 0 saturated carbocycles. The van der Waals surface area contributed by atoms with E-state index in [0.29, 0.717) is 13.0 Å². The van der Waals surface area contributed by atoms with Crippen molar-refractivity contribution in [2.24, 2.45) is 5.92 Å². The molecule has 29 heavy (non-hydrogen) atoms. The fourth-order valence-corrected chi connectivity index (χ4v) is 4.91. The number of carbonyl (C=O) groups excluding carboxylic acids is 1. The zero-order valence-electron chi connectivity index (χ0n) is 16.8. The monoisotopic (exact) mass is 402 g/mol. The van der Waals surface area contributed by atoms with Crippen LogP contribution in [0.15, 0.2) is 18.2 Å². The summed E-state index contributed by atoms with van der Waals surface area (Å²) in [6, 6.07) is 5.29. The van der Waals surface area contributed by atoms with Crippen LogP contribution in [0.3, 0.4) is 0 Å². The normalized spacial score (nSPS) is 24.5. The SMILES string of the molecule is O=C(NCCCN1CCOCC1)[C@H]1Cc2cc([N+](=O)[O-])ccc2N2CCCC[C@@H]12. The number of piperidine rings is 1. The molecule has 1 N–H and O–H groups in total. The molecule has 1 amide bonds. The quantitative estimate of drug-likeness (QED) is 0.445. The van der Waals surface area contributed by atoms with Crippen LogP contribution in [0, 0.1) is 16.0 Å². The molecule has 0 unspecified atom stereocenters. The molecule has 8 heteroatoms. The molecular weight excluding hydrogens is 372 g/mol. The van der Waals surface area contributed by atoms with Gasteiger partial charge in [-0.2, -0.15) is 0 Å². The number of nitrogens with zero attached hydrogens (tertiary/aromatic N) is 3. The largest absolute Gasteiger partial charge is 0.379 e. The lowest BCUT2D eigenvalue weighted by molar-refractivity contribution is -0.384. The Kier molecular flexibility index (Phi) is 6.30. The Labute approximate surface area is 171 Å². The van der Waals surface area contributed by atoms with E-state index in [4.69, 9.17) is 4.74 Å². The van der Waals surface area contributed by atoms with Crippen LogP contribution < -0.4 is 10.2 Å². The van der Waals surface area contributed by atoms with E-state index in [9.17, 15) is 14.9 Å². The summed E-state index contributed by atoms with van der Waals surface area (Å²) < 4.78 is 5.37. The second-order valence-electron chi connectivity index (χ2n) is 8.24. The lowest BCUT2D eigenvalue weighted by Crippen LogP contribution is -2.53. The van der Waals surface area contributed by atoms with E-state index in [1.54, 1.807) is 12.1 Å². The Bertz CT molecular complexity index is 750. The van der Waals surface area contributed by atoms with Crippen molar-refractivity contribution in [1.82, 2.24) is 10.2 Å². The smallest absolute Gasteiger partial charge is 0.269 e. The maximum absolute atomic E-state index is 13.0.